The molecule has 4 saturated heterocycles. The summed E-state index contributed by atoms with van der Waals surface area (Å²) in [6.45, 7) is -4.02. The number of H-pyrrole nitrogens is 4. The number of nitrogens with zero attached hydrogens (tertiary/aromatic N) is 10. The van der Waals surface area contributed by atoms with E-state index in [1.807, 2.05) is 9.97 Å². The van der Waals surface area contributed by atoms with Gasteiger partial charge in [0.2, 0.25) is 31.2 Å². The second-order valence-electron chi connectivity index (χ2n) is 23.3. The number of nitrogens with two attached hydrogens (primary N) is 2. The summed E-state index contributed by atoms with van der Waals surface area (Å²) in [7, 11) is -42.3. The van der Waals surface area contributed by atoms with E-state index in [2.05, 4.69) is 60.0 Å². The molecule has 4 fully saturated rings. The molecular weight excluding hydrogens is 1720 g/mol. The first-order valence-corrected chi connectivity index (χ1v) is 42.3. The number of phosphoric ester groups is 3. The first-order valence-electron chi connectivity index (χ1n) is 30.5. The predicted molar refractivity (Wildman–Crippen MR) is 338 cm³/mol. The van der Waals surface area contributed by atoms with E-state index < -0.39 is 221 Å². The molecule has 4 aliphatic heterocycles. The van der Waals surface area contributed by atoms with Crippen molar-refractivity contribution in [1.29, 1.82) is 0 Å². The number of aryl methyl sites for hydroxylation is 2. The molecule has 0 aliphatic carbocycles. The maximum atomic E-state index is 12.4. The summed E-state index contributed by atoms with van der Waals surface area (Å²) in [6.07, 6.45) is -16.1. The number of rotatable bonds is 29. The molecule has 24 atom stereocenters. The Hall–Kier alpha value is -6.49. The average molecular weight is 1780 g/mol. The molecule has 7 aromatic heterocycles. The van der Waals surface area contributed by atoms with E-state index in [-0.39, 0.29) is 34.2 Å². The molecule has 630 valence electrons. The van der Waals surface area contributed by atoms with Crippen molar-refractivity contribution in [2.45, 2.75) is 98.2 Å². The van der Waals surface area contributed by atoms with Gasteiger partial charge in [0.05, 0.1) is 40.5 Å². The Bertz CT molecular complexity index is 5420. The van der Waals surface area contributed by atoms with Crippen molar-refractivity contribution in [2.24, 2.45) is 14.1 Å². The molecule has 7 aromatic rings. The van der Waals surface area contributed by atoms with Gasteiger partial charge in [0.25, 0.3) is 88.9 Å². The van der Waals surface area contributed by atoms with Crippen LogP contribution in [0.5, 0.6) is 0 Å². The maximum Gasteiger partial charge on any atom is 0.330 e. The number of aromatic amines is 4. The summed E-state index contributed by atoms with van der Waals surface area (Å²) >= 11 is 0. The van der Waals surface area contributed by atoms with Gasteiger partial charge < -0.3 is 133 Å². The van der Waals surface area contributed by atoms with Gasteiger partial charge in [-0.15, -0.1) is 0 Å². The van der Waals surface area contributed by atoms with Crippen LogP contribution in [0, 0.1) is 0 Å². The lowest BCUT2D eigenvalue weighted by Gasteiger charge is -2.36. The van der Waals surface area contributed by atoms with Crippen LogP contribution in [0.25, 0.3) is 22.3 Å². The number of ether oxygens (including phenoxy) is 6. The number of nitrogen functional groups attached to an aromatic ring is 2. The lowest BCUT2D eigenvalue weighted by Crippen LogP contribution is -2.46. The van der Waals surface area contributed by atoms with Crippen LogP contribution in [0.1, 0.15) is 24.9 Å². The van der Waals surface area contributed by atoms with Gasteiger partial charge in [-0.05, 0) is 0 Å². The molecule has 11 heterocycles. The molecule has 0 amide bonds. The van der Waals surface area contributed by atoms with Gasteiger partial charge in [-0.2, -0.15) is 0 Å². The van der Waals surface area contributed by atoms with E-state index in [1.54, 1.807) is 7.05 Å². The fourth-order valence-corrected chi connectivity index (χ4v) is 19.5. The fourth-order valence-electron chi connectivity index (χ4n) is 11.0. The highest BCUT2D eigenvalue weighted by atomic mass is 31.3. The second kappa shape index (κ2) is 35.0. The molecule has 60 nitrogen and oxygen atoms in total. The number of aromatic nitrogens is 14. The number of hydrogen-bond acceptors (Lipinski definition) is 48. The van der Waals surface area contributed by atoms with E-state index in [1.165, 1.54) is 52.9 Å². The number of phosphoric acid groups is 7. The molecular formula is C45H60N16O44P8-6. The summed E-state index contributed by atoms with van der Waals surface area (Å²) in [6, 6.07) is 1.75. The number of fused-ring (bicyclic) bond motifs is 2. The van der Waals surface area contributed by atoms with Crippen LogP contribution in [0.15, 0.2) is 84.7 Å². The standard InChI is InChI=1S/C21H31N7O22P4.C15H20N7O7P.C9H15N2O15P3/c1-26-7-28(16-11(26)17(33)25-20(22)24-16)19-14(32)15(43-2)9(47-19)6-45-52(37,38)49-54(41,42)50-53(39,40)48-51(35,36)44-5-8-12(30)13(31)18(46-8)27-4-3-10(29)23-21(27)34;1-20-7-22(12-9(20)13(24)19-15(16)18-12)14-10(23)11(27-2)8(29-14)5-28-30(25,26)21-4-3-17-6-21;12-5-1-2-11(9(15)10-5)8-7(14)6(13)4(24-8)3-23-28(19,20)26-29(21,22)25-27(16,17)18/h3-4,7-9,12-15,18-19,30-32H,5-6H2,1-2H3,(H7-,22,23,24,25,29,33,34,35,36,37,38,39,40,41,42);3-4,6-8,10-11,14,23H,5H2,1-2H3,(H3-,16,18,19,24,25,26);1-2,4,6-8,13-14H,3H2,(H,19,20)(H,21,22)(H,10,12,15)(H2,16,17,18)/p-6/t8-,9-,12?,13+,14?,15?,18-,19-;8-,10?,11+,14-;4-,6?,7+,8-/m101/s1. The molecule has 0 spiro atoms. The second-order valence-corrected chi connectivity index (χ2v) is 35.3. The average Bonchev–Trinajstić information content (AvgIpc) is 1.61. The van der Waals surface area contributed by atoms with E-state index in [9.17, 15) is 135 Å². The molecule has 4 aliphatic rings. The monoisotopic (exact) mass is 1780 g/mol. The summed E-state index contributed by atoms with van der Waals surface area (Å²) in [4.78, 5) is 193. The minimum absolute atomic E-state index is 0.00488. The minimum Gasteiger partial charge on any atom is -0.761 e. The van der Waals surface area contributed by atoms with Crippen molar-refractivity contribution in [1.82, 2.24) is 57.5 Å². The molecule has 0 bridgehead atoms. The maximum absolute atomic E-state index is 12.4. The molecule has 15 N–H and O–H groups in total. The highest BCUT2D eigenvalue weighted by molar-refractivity contribution is 7.68. The van der Waals surface area contributed by atoms with Crippen LogP contribution in [-0.2, 0) is 119 Å². The lowest BCUT2D eigenvalue weighted by atomic mass is 10.1. The molecule has 68 heteroatoms. The van der Waals surface area contributed by atoms with Crippen LogP contribution in [0.4, 0.5) is 11.9 Å². The normalized spacial score (nSPS) is 29.5. The summed E-state index contributed by atoms with van der Waals surface area (Å²) < 4.78 is 169. The Kier molecular flexibility index (Phi) is 28.0. The zero-order valence-corrected chi connectivity index (χ0v) is 63.9. The van der Waals surface area contributed by atoms with Crippen LogP contribution < -0.4 is 93.4 Å². The van der Waals surface area contributed by atoms with Gasteiger partial charge in [-0.25, -0.2) is 45.3 Å². The van der Waals surface area contributed by atoms with E-state index in [0.29, 0.717) is 9.13 Å². The van der Waals surface area contributed by atoms with Gasteiger partial charge in [0, 0.05) is 51.1 Å². The molecule has 113 heavy (non-hydrogen) atoms. The third-order valence-corrected chi connectivity index (χ3v) is 26.3. The third-order valence-electron chi connectivity index (χ3n) is 15.6. The Morgan fingerprint density at radius 2 is 0.841 bits per heavy atom. The largest absolute Gasteiger partial charge is 0.761 e. The molecule has 0 saturated carbocycles. The number of methoxy groups -OCH3 is 2. The van der Waals surface area contributed by atoms with Gasteiger partial charge in [-0.1, -0.05) is 9.97 Å². The van der Waals surface area contributed by atoms with E-state index in [4.69, 9.17) is 49.3 Å². The number of imidazole rings is 3. The zero-order valence-electron chi connectivity index (χ0n) is 56.7. The van der Waals surface area contributed by atoms with E-state index >= 15 is 0 Å². The lowest BCUT2D eigenvalue weighted by molar-refractivity contribution is -0.746. The van der Waals surface area contributed by atoms with Crippen LogP contribution in [0.2, 0.25) is 0 Å². The Labute approximate surface area is 623 Å². The van der Waals surface area contributed by atoms with Crippen molar-refractivity contribution < 1.29 is 188 Å². The minimum atomic E-state index is -6.63. The zero-order chi connectivity index (χ0) is 84.0. The van der Waals surface area contributed by atoms with E-state index in [0.717, 1.165) is 46.9 Å². The van der Waals surface area contributed by atoms with Crippen molar-refractivity contribution >= 4 is 96.7 Å². The number of aliphatic hydroxyl groups excluding tert-OH is 6. The smallest absolute Gasteiger partial charge is 0.330 e. The first kappa shape index (κ1) is 90.4. The van der Waals surface area contributed by atoms with Crippen LogP contribution in [-0.4, -0.2) is 207 Å². The number of nitrogens with one attached hydrogen (secondary N) is 4. The molecule has 13 unspecified atom stereocenters. The summed E-state index contributed by atoms with van der Waals surface area (Å²) in [5.74, 6) is -0.399. The summed E-state index contributed by atoms with van der Waals surface area (Å²) in [5.41, 5.74) is 6.77. The van der Waals surface area contributed by atoms with Gasteiger partial charge in [0.1, 0.15) is 79.6 Å². The van der Waals surface area contributed by atoms with Crippen LogP contribution in [0.3, 0.4) is 0 Å². The SMILES string of the molecule is COC1C(O)[C@H]([n+]2cn(C)c3c(=O)[nH]c(N)nc32)O[C@@H]1COP(=O)([O-])OP(=O)([O-])OP(=O)([O-])OP(=O)([O-])OC[C@H]1O[C@@H](n2ccc(=O)[nH]c2=O)[C@@H](O)C1O.CO[C@H]1C(O)[C@@H]([n+]2cn(C)c3c(=O)[nH]c(N)nc32)O[C@H]1COP(=O)([O-])n1ccnc1.O=c1ccn([C@@H]2O[C@H](COP(=O)([O-])OP(=O)([O-])OP(=O)([O-])O)C(O)[C@@H]2O)c(=O)[nH]1. The number of anilines is 2. The topological polar surface area (TPSA) is 890 Å². The Balaban J connectivity index is 0.000000210. The van der Waals surface area contributed by atoms with Gasteiger partial charge in [0.15, 0.2) is 25.1 Å². The van der Waals surface area contributed by atoms with Crippen molar-refractivity contribution in [3.63, 3.8) is 0 Å². The van der Waals surface area contributed by atoms with Gasteiger partial charge >= 0.3 is 22.7 Å². The summed E-state index contributed by atoms with van der Waals surface area (Å²) in [5, 5.41) is 61.8. The quantitative estimate of drug-likeness (QED) is 0.0153. The predicted octanol–water partition coefficient (Wildman–Crippen LogP) is -13.2. The first-order chi connectivity index (χ1) is 52.3. The number of hydrogen-bond donors (Lipinski definition) is 13. The van der Waals surface area contributed by atoms with Crippen molar-refractivity contribution in [3.05, 3.63) is 118 Å². The third kappa shape index (κ3) is 22.0. The van der Waals surface area contributed by atoms with Crippen molar-refractivity contribution in [3.8, 4) is 0 Å². The highest BCUT2D eigenvalue weighted by Gasteiger charge is 2.52. The molecule has 0 aromatic carbocycles. The number of aliphatic hydroxyl groups is 6. The molecule has 0 radical (unpaired) electrons. The fraction of sp³-hybridized carbons (Fsp3) is 0.533. The van der Waals surface area contributed by atoms with Crippen molar-refractivity contribution in [2.75, 3.05) is 52.1 Å². The van der Waals surface area contributed by atoms with Gasteiger partial charge in [-0.3, -0.25) is 98.2 Å². The highest BCUT2D eigenvalue weighted by Crippen LogP contribution is 2.67. The Morgan fingerprint density at radius 3 is 1.19 bits per heavy atom. The molecule has 11 rings (SSSR count). The van der Waals surface area contributed by atoms with Crippen LogP contribution >= 0.6 is 62.5 Å². The Morgan fingerprint density at radius 1 is 0.487 bits per heavy atom.